The molecule has 0 saturated carbocycles. The second kappa shape index (κ2) is 2.74. The van der Waals surface area contributed by atoms with E-state index in [1.165, 1.54) is 16.8 Å². The summed E-state index contributed by atoms with van der Waals surface area (Å²) >= 11 is 0. The average Bonchev–Trinajstić information content (AvgIpc) is 2.49. The van der Waals surface area contributed by atoms with Crippen LogP contribution in [0.25, 0.3) is 6.08 Å². The molecule has 1 aromatic rings. The Balaban J connectivity index is 2.42. The van der Waals surface area contributed by atoms with Crippen molar-refractivity contribution in [2.45, 2.75) is 26.2 Å². The van der Waals surface area contributed by atoms with Gasteiger partial charge in [-0.1, -0.05) is 26.0 Å². The standard InChI is InChI=1S/C11H13N/c1-8(2)11-6-9-4-3-5-10(9)7-12-11/h3,5-8H,4H2,1-2H3. The van der Waals surface area contributed by atoms with E-state index in [1.54, 1.807) is 0 Å². The molecular formula is C11H13N. The molecular weight excluding hydrogens is 146 g/mol. The van der Waals surface area contributed by atoms with E-state index in [2.05, 4.69) is 37.0 Å². The van der Waals surface area contributed by atoms with Gasteiger partial charge in [-0.05, 0) is 29.5 Å². The minimum Gasteiger partial charge on any atom is -0.260 e. The van der Waals surface area contributed by atoms with Crippen LogP contribution in [0.2, 0.25) is 0 Å². The van der Waals surface area contributed by atoms with Gasteiger partial charge in [0.15, 0.2) is 0 Å². The van der Waals surface area contributed by atoms with Crippen molar-refractivity contribution >= 4 is 6.08 Å². The Bertz CT molecular complexity index is 324. The number of nitrogens with zero attached hydrogens (tertiary/aromatic N) is 1. The summed E-state index contributed by atoms with van der Waals surface area (Å²) < 4.78 is 0. The lowest BCUT2D eigenvalue weighted by Crippen LogP contribution is -1.94. The minimum atomic E-state index is 0.538. The van der Waals surface area contributed by atoms with Crippen molar-refractivity contribution in [1.29, 1.82) is 0 Å². The van der Waals surface area contributed by atoms with Crippen LogP contribution in [0.1, 0.15) is 36.6 Å². The number of pyridine rings is 1. The number of aromatic nitrogens is 1. The van der Waals surface area contributed by atoms with Crippen molar-refractivity contribution in [2.24, 2.45) is 0 Å². The van der Waals surface area contributed by atoms with Gasteiger partial charge in [-0.15, -0.1) is 0 Å². The van der Waals surface area contributed by atoms with Crippen molar-refractivity contribution in [3.63, 3.8) is 0 Å². The van der Waals surface area contributed by atoms with Crippen LogP contribution in [-0.4, -0.2) is 4.98 Å². The molecule has 1 aromatic heterocycles. The summed E-state index contributed by atoms with van der Waals surface area (Å²) in [6.07, 6.45) is 7.40. The van der Waals surface area contributed by atoms with Gasteiger partial charge in [0.1, 0.15) is 0 Å². The Morgan fingerprint density at radius 3 is 3.00 bits per heavy atom. The Hall–Kier alpha value is -1.11. The lowest BCUT2D eigenvalue weighted by Gasteiger charge is -2.05. The quantitative estimate of drug-likeness (QED) is 0.614. The summed E-state index contributed by atoms with van der Waals surface area (Å²) in [5.41, 5.74) is 3.92. The van der Waals surface area contributed by atoms with Gasteiger partial charge in [0.25, 0.3) is 0 Å². The number of fused-ring (bicyclic) bond motifs is 1. The van der Waals surface area contributed by atoms with Crippen LogP contribution in [0.15, 0.2) is 18.3 Å². The highest BCUT2D eigenvalue weighted by Gasteiger charge is 2.07. The lowest BCUT2D eigenvalue weighted by atomic mass is 10.1. The SMILES string of the molecule is CC(C)c1cc2c(cn1)C=CC2. The summed E-state index contributed by atoms with van der Waals surface area (Å²) in [4.78, 5) is 4.40. The summed E-state index contributed by atoms with van der Waals surface area (Å²) in [7, 11) is 0. The molecule has 62 valence electrons. The summed E-state index contributed by atoms with van der Waals surface area (Å²) in [6, 6.07) is 2.22. The van der Waals surface area contributed by atoms with Gasteiger partial charge in [-0.2, -0.15) is 0 Å². The van der Waals surface area contributed by atoms with Gasteiger partial charge in [0, 0.05) is 11.9 Å². The second-order valence-corrected chi connectivity index (χ2v) is 3.57. The number of hydrogen-bond acceptors (Lipinski definition) is 1. The fourth-order valence-electron chi connectivity index (χ4n) is 1.48. The topological polar surface area (TPSA) is 12.9 Å². The van der Waals surface area contributed by atoms with E-state index in [4.69, 9.17) is 0 Å². The first-order valence-corrected chi connectivity index (χ1v) is 4.43. The second-order valence-electron chi connectivity index (χ2n) is 3.57. The van der Waals surface area contributed by atoms with Gasteiger partial charge < -0.3 is 0 Å². The van der Waals surface area contributed by atoms with Crippen LogP contribution in [0.3, 0.4) is 0 Å². The molecule has 1 nitrogen and oxygen atoms in total. The van der Waals surface area contributed by atoms with E-state index in [1.807, 2.05) is 6.20 Å². The van der Waals surface area contributed by atoms with Gasteiger partial charge in [-0.25, -0.2) is 0 Å². The molecule has 0 atom stereocenters. The largest absolute Gasteiger partial charge is 0.260 e. The van der Waals surface area contributed by atoms with Crippen molar-refractivity contribution in [3.05, 3.63) is 35.2 Å². The molecule has 1 heteroatoms. The van der Waals surface area contributed by atoms with Crippen LogP contribution in [0.4, 0.5) is 0 Å². The minimum absolute atomic E-state index is 0.538. The Morgan fingerprint density at radius 2 is 2.25 bits per heavy atom. The van der Waals surface area contributed by atoms with Crippen molar-refractivity contribution in [3.8, 4) is 0 Å². The number of hydrogen-bond donors (Lipinski definition) is 0. The molecule has 0 unspecified atom stereocenters. The molecule has 0 spiro atoms. The maximum Gasteiger partial charge on any atom is 0.0432 e. The van der Waals surface area contributed by atoms with E-state index in [9.17, 15) is 0 Å². The first-order chi connectivity index (χ1) is 5.77. The van der Waals surface area contributed by atoms with Crippen LogP contribution in [0, 0.1) is 0 Å². The average molecular weight is 159 g/mol. The molecule has 1 aliphatic rings. The molecule has 0 saturated heterocycles. The predicted octanol–water partition coefficient (Wildman–Crippen LogP) is 2.77. The normalized spacial score (nSPS) is 13.9. The van der Waals surface area contributed by atoms with E-state index in [-0.39, 0.29) is 0 Å². The van der Waals surface area contributed by atoms with Gasteiger partial charge in [0.05, 0.1) is 0 Å². The molecule has 12 heavy (non-hydrogen) atoms. The van der Waals surface area contributed by atoms with Crippen LogP contribution >= 0.6 is 0 Å². The number of allylic oxidation sites excluding steroid dienone is 1. The highest BCUT2D eigenvalue weighted by atomic mass is 14.7. The number of rotatable bonds is 1. The maximum absolute atomic E-state index is 4.40. The molecule has 0 amide bonds. The third-order valence-corrected chi connectivity index (χ3v) is 2.27. The van der Waals surface area contributed by atoms with E-state index < -0.39 is 0 Å². The first kappa shape index (κ1) is 7.53. The molecule has 1 heterocycles. The lowest BCUT2D eigenvalue weighted by molar-refractivity contribution is 0.819. The van der Waals surface area contributed by atoms with Gasteiger partial charge in [-0.3, -0.25) is 4.98 Å². The Labute approximate surface area is 73.1 Å². The Morgan fingerprint density at radius 1 is 1.42 bits per heavy atom. The van der Waals surface area contributed by atoms with Crippen molar-refractivity contribution < 1.29 is 0 Å². The third-order valence-electron chi connectivity index (χ3n) is 2.27. The van der Waals surface area contributed by atoms with E-state index in [0.29, 0.717) is 5.92 Å². The summed E-state index contributed by atoms with van der Waals surface area (Å²) in [5, 5.41) is 0. The molecule has 0 bridgehead atoms. The zero-order valence-electron chi connectivity index (χ0n) is 7.54. The fraction of sp³-hybridized carbons (Fsp3) is 0.364. The zero-order valence-corrected chi connectivity index (χ0v) is 7.54. The molecule has 1 aliphatic carbocycles. The molecule has 0 aromatic carbocycles. The highest BCUT2D eigenvalue weighted by molar-refractivity contribution is 5.59. The third kappa shape index (κ3) is 1.15. The maximum atomic E-state index is 4.40. The highest BCUT2D eigenvalue weighted by Crippen LogP contribution is 2.21. The van der Waals surface area contributed by atoms with Crippen molar-refractivity contribution in [1.82, 2.24) is 4.98 Å². The van der Waals surface area contributed by atoms with Crippen LogP contribution in [-0.2, 0) is 6.42 Å². The fourth-order valence-corrected chi connectivity index (χ4v) is 1.48. The van der Waals surface area contributed by atoms with Crippen molar-refractivity contribution in [2.75, 3.05) is 0 Å². The summed E-state index contributed by atoms with van der Waals surface area (Å²) in [6.45, 7) is 4.36. The predicted molar refractivity (Wildman–Crippen MR) is 51.1 cm³/mol. The van der Waals surface area contributed by atoms with Crippen LogP contribution < -0.4 is 0 Å². The molecule has 0 fully saturated rings. The summed E-state index contributed by atoms with van der Waals surface area (Å²) in [5.74, 6) is 0.538. The zero-order chi connectivity index (χ0) is 8.55. The Kier molecular flexibility index (Phi) is 1.72. The monoisotopic (exact) mass is 159 g/mol. The van der Waals surface area contributed by atoms with E-state index in [0.717, 1.165) is 6.42 Å². The van der Waals surface area contributed by atoms with Crippen LogP contribution in [0.5, 0.6) is 0 Å². The van der Waals surface area contributed by atoms with Gasteiger partial charge >= 0.3 is 0 Å². The first-order valence-electron chi connectivity index (χ1n) is 4.43. The van der Waals surface area contributed by atoms with E-state index >= 15 is 0 Å². The van der Waals surface area contributed by atoms with Gasteiger partial charge in [0.2, 0.25) is 0 Å². The smallest absolute Gasteiger partial charge is 0.0432 e. The molecule has 0 aliphatic heterocycles. The molecule has 0 N–H and O–H groups in total. The molecule has 0 radical (unpaired) electrons. The molecule has 2 rings (SSSR count).